The summed E-state index contributed by atoms with van der Waals surface area (Å²) < 4.78 is 0. The van der Waals surface area contributed by atoms with Crippen molar-refractivity contribution in [2.45, 2.75) is 6.92 Å². The third-order valence-corrected chi connectivity index (χ3v) is 0.231. The standard InChI is InChI=1S/C2H5NO4/c1-2-6-7-3(4)5/h2H2,1H3. The molecule has 0 radical (unpaired) electrons. The fourth-order valence-electron chi connectivity index (χ4n) is 0.0957. The van der Waals surface area contributed by atoms with Gasteiger partial charge in [0.15, 0.2) is 0 Å². The molecule has 0 aromatic rings. The largest absolute Gasteiger partial charge is 0.322 e. The maximum atomic E-state index is 9.22. The first-order chi connectivity index (χ1) is 3.27. The van der Waals surface area contributed by atoms with Gasteiger partial charge in [-0.25, -0.2) is 0 Å². The molecule has 0 saturated carbocycles. The van der Waals surface area contributed by atoms with Crippen LogP contribution < -0.4 is 0 Å². The molecule has 0 rings (SSSR count). The Morgan fingerprint density at radius 2 is 2.43 bits per heavy atom. The summed E-state index contributed by atoms with van der Waals surface area (Å²) in [7, 11) is 0. The zero-order chi connectivity index (χ0) is 5.70. The van der Waals surface area contributed by atoms with Gasteiger partial charge in [-0.15, -0.1) is 15.1 Å². The van der Waals surface area contributed by atoms with Gasteiger partial charge in [0.1, 0.15) is 0 Å². The van der Waals surface area contributed by atoms with E-state index in [1.54, 1.807) is 6.92 Å². The highest BCUT2D eigenvalue weighted by Crippen LogP contribution is 1.74. The van der Waals surface area contributed by atoms with Gasteiger partial charge in [-0.1, -0.05) is 0 Å². The van der Waals surface area contributed by atoms with Crippen molar-refractivity contribution >= 4 is 0 Å². The first-order valence-corrected chi connectivity index (χ1v) is 1.71. The van der Waals surface area contributed by atoms with Gasteiger partial charge < -0.3 is 0 Å². The number of nitrogens with zero attached hydrogens (tertiary/aromatic N) is 1. The molecule has 0 spiro atoms. The van der Waals surface area contributed by atoms with Crippen molar-refractivity contribution in [3.8, 4) is 0 Å². The topological polar surface area (TPSA) is 61.6 Å². The Hall–Kier alpha value is -0.840. The Morgan fingerprint density at radius 1 is 1.86 bits per heavy atom. The average Bonchev–Trinajstić information content (AvgIpc) is 1.61. The molecule has 0 unspecified atom stereocenters. The maximum absolute atomic E-state index is 9.22. The molecular weight excluding hydrogens is 102 g/mol. The van der Waals surface area contributed by atoms with Gasteiger partial charge in [0.05, 0.1) is 6.61 Å². The molecule has 5 heteroatoms. The Morgan fingerprint density at radius 3 is 2.57 bits per heavy atom. The van der Waals surface area contributed by atoms with E-state index in [1.807, 2.05) is 0 Å². The quantitative estimate of drug-likeness (QED) is 0.292. The Labute approximate surface area is 39.9 Å². The molecule has 5 nitrogen and oxygen atoms in total. The lowest BCUT2D eigenvalue weighted by Crippen LogP contribution is -2.00. The molecule has 0 amide bonds. The molecule has 7 heavy (non-hydrogen) atoms. The van der Waals surface area contributed by atoms with Crippen molar-refractivity contribution in [2.24, 2.45) is 0 Å². The predicted molar refractivity (Wildman–Crippen MR) is 19.7 cm³/mol. The molecule has 42 valence electrons. The van der Waals surface area contributed by atoms with Crippen molar-refractivity contribution in [1.29, 1.82) is 0 Å². The van der Waals surface area contributed by atoms with E-state index in [4.69, 9.17) is 0 Å². The molecule has 0 saturated heterocycles. The lowest BCUT2D eigenvalue weighted by atomic mass is 10.9. The lowest BCUT2D eigenvalue weighted by Gasteiger charge is -1.89. The minimum atomic E-state index is -1.01. The molecule has 0 aromatic heterocycles. The summed E-state index contributed by atoms with van der Waals surface area (Å²) in [6, 6.07) is 0. The fourth-order valence-corrected chi connectivity index (χ4v) is 0.0957. The molecule has 0 bridgehead atoms. The molecule has 0 aliphatic heterocycles. The van der Waals surface area contributed by atoms with Crippen molar-refractivity contribution in [3.63, 3.8) is 0 Å². The average molecular weight is 107 g/mol. The Kier molecular flexibility index (Phi) is 2.95. The highest BCUT2D eigenvalue weighted by Gasteiger charge is 1.88. The predicted octanol–water partition coefficient (Wildman–Crippen LogP) is 0.146. The van der Waals surface area contributed by atoms with E-state index in [2.05, 4.69) is 9.88 Å². The van der Waals surface area contributed by atoms with Crippen LogP contribution in [0.5, 0.6) is 0 Å². The Balaban J connectivity index is 2.82. The van der Waals surface area contributed by atoms with Crippen molar-refractivity contribution in [2.75, 3.05) is 6.61 Å². The van der Waals surface area contributed by atoms with Gasteiger partial charge in [-0.3, -0.25) is 0 Å². The summed E-state index contributed by atoms with van der Waals surface area (Å²) in [5.74, 6) is 0. The number of rotatable bonds is 3. The fraction of sp³-hybridized carbons (Fsp3) is 1.00. The summed E-state index contributed by atoms with van der Waals surface area (Å²) in [4.78, 5) is 16.5. The molecule has 0 N–H and O–H groups in total. The molecule has 0 aromatic carbocycles. The molecule has 0 fully saturated rings. The van der Waals surface area contributed by atoms with Crippen molar-refractivity contribution < 1.29 is 15.0 Å². The maximum Gasteiger partial charge on any atom is 0.322 e. The summed E-state index contributed by atoms with van der Waals surface area (Å²) in [5, 5.41) is 8.21. The number of hydrogen-bond acceptors (Lipinski definition) is 4. The summed E-state index contributed by atoms with van der Waals surface area (Å²) in [6.45, 7) is 1.77. The highest BCUT2D eigenvalue weighted by atomic mass is 17.3. The van der Waals surface area contributed by atoms with Gasteiger partial charge >= 0.3 is 5.09 Å². The zero-order valence-electron chi connectivity index (χ0n) is 3.79. The first kappa shape index (κ1) is 6.16. The zero-order valence-corrected chi connectivity index (χ0v) is 3.79. The third-order valence-electron chi connectivity index (χ3n) is 0.231. The number of hydrogen-bond donors (Lipinski definition) is 0. The van der Waals surface area contributed by atoms with Gasteiger partial charge in [0.25, 0.3) is 0 Å². The molecule has 0 aliphatic rings. The van der Waals surface area contributed by atoms with Gasteiger partial charge in [-0.05, 0) is 6.92 Å². The molecule has 0 aliphatic carbocycles. The van der Waals surface area contributed by atoms with Gasteiger partial charge in [0, 0.05) is 0 Å². The van der Waals surface area contributed by atoms with E-state index in [1.165, 1.54) is 0 Å². The van der Waals surface area contributed by atoms with Crippen LogP contribution in [0.2, 0.25) is 0 Å². The third kappa shape index (κ3) is 5.16. The first-order valence-electron chi connectivity index (χ1n) is 1.71. The monoisotopic (exact) mass is 107 g/mol. The van der Waals surface area contributed by atoms with Crippen LogP contribution in [0.25, 0.3) is 0 Å². The SMILES string of the molecule is CCOO[N+](=O)[O-]. The van der Waals surface area contributed by atoms with E-state index in [9.17, 15) is 10.1 Å². The van der Waals surface area contributed by atoms with Crippen LogP contribution in [-0.4, -0.2) is 11.7 Å². The van der Waals surface area contributed by atoms with Gasteiger partial charge in [0.2, 0.25) is 0 Å². The van der Waals surface area contributed by atoms with E-state index >= 15 is 0 Å². The Bertz CT molecular complexity index is 62.7. The van der Waals surface area contributed by atoms with Crippen LogP contribution in [0.3, 0.4) is 0 Å². The lowest BCUT2D eigenvalue weighted by molar-refractivity contribution is -0.850. The smallest absolute Gasteiger partial charge is 0.199 e. The van der Waals surface area contributed by atoms with Crippen LogP contribution in [0.4, 0.5) is 0 Å². The minimum absolute atomic E-state index is 0.182. The van der Waals surface area contributed by atoms with Gasteiger partial charge in [-0.2, -0.15) is 4.89 Å². The van der Waals surface area contributed by atoms with Crippen LogP contribution >= 0.6 is 0 Å². The summed E-state index contributed by atoms with van der Waals surface area (Å²) in [6.07, 6.45) is 0. The van der Waals surface area contributed by atoms with Crippen LogP contribution in [-0.2, 0) is 9.88 Å². The second kappa shape index (κ2) is 3.35. The normalized spacial score (nSPS) is 8.14. The van der Waals surface area contributed by atoms with E-state index in [0.29, 0.717) is 0 Å². The second-order valence-electron chi connectivity index (χ2n) is 0.705. The van der Waals surface area contributed by atoms with E-state index in [-0.39, 0.29) is 6.61 Å². The minimum Gasteiger partial charge on any atom is -0.199 e. The van der Waals surface area contributed by atoms with Crippen LogP contribution in [0.1, 0.15) is 6.92 Å². The highest BCUT2D eigenvalue weighted by molar-refractivity contribution is 3.91. The van der Waals surface area contributed by atoms with Crippen molar-refractivity contribution in [3.05, 3.63) is 10.1 Å². The summed E-state index contributed by atoms with van der Waals surface area (Å²) in [5.41, 5.74) is 0. The van der Waals surface area contributed by atoms with Crippen LogP contribution in [0.15, 0.2) is 0 Å². The van der Waals surface area contributed by atoms with Crippen molar-refractivity contribution in [1.82, 2.24) is 0 Å². The molecular formula is C2H5NO4. The molecule has 0 atom stereocenters. The van der Waals surface area contributed by atoms with Crippen LogP contribution in [0, 0.1) is 10.1 Å². The van der Waals surface area contributed by atoms with E-state index < -0.39 is 5.09 Å². The molecule has 0 heterocycles. The summed E-state index contributed by atoms with van der Waals surface area (Å²) >= 11 is 0. The van der Waals surface area contributed by atoms with E-state index in [0.717, 1.165) is 0 Å². The second-order valence-corrected chi connectivity index (χ2v) is 0.705.